The van der Waals surface area contributed by atoms with Crippen molar-refractivity contribution in [2.45, 2.75) is 38.5 Å². The van der Waals surface area contributed by atoms with Crippen LogP contribution in [0.4, 0.5) is 0 Å². The van der Waals surface area contributed by atoms with Gasteiger partial charge in [-0.1, -0.05) is 54.1 Å². The molecule has 2 aromatic carbocycles. The summed E-state index contributed by atoms with van der Waals surface area (Å²) < 4.78 is 5.51. The van der Waals surface area contributed by atoms with Crippen LogP contribution in [0.1, 0.15) is 44.1 Å². The Labute approximate surface area is 150 Å². The third-order valence-electron chi connectivity index (χ3n) is 5.00. The molecule has 3 rings (SSSR count). The lowest BCUT2D eigenvalue weighted by Gasteiger charge is -2.27. The maximum atomic E-state index is 5.70. The normalized spacial score (nSPS) is 21.1. The van der Waals surface area contributed by atoms with Crippen molar-refractivity contribution in [2.75, 3.05) is 6.61 Å². The van der Waals surface area contributed by atoms with Crippen molar-refractivity contribution in [3.05, 3.63) is 65.7 Å². The summed E-state index contributed by atoms with van der Waals surface area (Å²) in [7, 11) is 0. The molecular weight excluding hydrogens is 316 g/mol. The standard InChI is InChI=1S/C22H25ClO/c1-2-24-22-13-11-21(12-14-22)20-9-7-19(8-10-20)18-5-3-17(4-6-18)15-16-23/h7-18H,2-6H2,1H3/b16-15+. The minimum absolute atomic E-state index is 0.668. The zero-order valence-corrected chi connectivity index (χ0v) is 15.0. The van der Waals surface area contributed by atoms with Crippen LogP contribution < -0.4 is 4.74 Å². The molecular formula is C22H25ClO. The van der Waals surface area contributed by atoms with E-state index in [1.54, 1.807) is 5.54 Å². The van der Waals surface area contributed by atoms with Crippen LogP contribution >= 0.6 is 11.6 Å². The number of ether oxygens (including phenoxy) is 1. The van der Waals surface area contributed by atoms with Gasteiger partial charge in [0.2, 0.25) is 0 Å². The lowest BCUT2D eigenvalue weighted by molar-refractivity contribution is 0.340. The molecule has 1 nitrogen and oxygen atoms in total. The summed E-state index contributed by atoms with van der Waals surface area (Å²) in [5.41, 5.74) is 5.65. The van der Waals surface area contributed by atoms with Gasteiger partial charge in [0.1, 0.15) is 5.75 Å². The fraction of sp³-hybridized carbons (Fsp3) is 0.364. The van der Waals surface area contributed by atoms with E-state index in [1.807, 2.05) is 19.1 Å². The summed E-state index contributed by atoms with van der Waals surface area (Å²) in [6, 6.07) is 17.4. The van der Waals surface area contributed by atoms with E-state index in [9.17, 15) is 0 Å². The monoisotopic (exact) mass is 340 g/mol. The molecule has 24 heavy (non-hydrogen) atoms. The third-order valence-corrected chi connectivity index (χ3v) is 5.14. The van der Waals surface area contributed by atoms with Gasteiger partial charge in [-0.2, -0.15) is 0 Å². The predicted molar refractivity (Wildman–Crippen MR) is 103 cm³/mol. The maximum absolute atomic E-state index is 5.70. The van der Waals surface area contributed by atoms with E-state index in [2.05, 4.69) is 42.5 Å². The Bertz CT molecular complexity index is 649. The van der Waals surface area contributed by atoms with E-state index in [0.717, 1.165) is 5.75 Å². The molecule has 0 heterocycles. The quantitative estimate of drug-likeness (QED) is 0.583. The summed E-state index contributed by atoms with van der Waals surface area (Å²) in [5, 5.41) is 0. The molecule has 0 aliphatic heterocycles. The summed E-state index contributed by atoms with van der Waals surface area (Å²) in [5.74, 6) is 2.29. The molecule has 1 aliphatic rings. The lowest BCUT2D eigenvalue weighted by atomic mass is 9.78. The number of hydrogen-bond acceptors (Lipinski definition) is 1. The van der Waals surface area contributed by atoms with Gasteiger partial charge in [0.15, 0.2) is 0 Å². The van der Waals surface area contributed by atoms with Crippen LogP contribution in [0.2, 0.25) is 0 Å². The second-order valence-electron chi connectivity index (χ2n) is 6.51. The summed E-state index contributed by atoms with van der Waals surface area (Å²) in [6.07, 6.45) is 7.15. The van der Waals surface area contributed by atoms with Crippen LogP contribution in [0.25, 0.3) is 11.1 Å². The molecule has 0 amide bonds. The fourth-order valence-corrected chi connectivity index (χ4v) is 3.81. The maximum Gasteiger partial charge on any atom is 0.119 e. The molecule has 0 aromatic heterocycles. The Hall–Kier alpha value is -1.73. The number of halogens is 1. The molecule has 0 N–H and O–H groups in total. The number of rotatable bonds is 5. The minimum Gasteiger partial charge on any atom is -0.494 e. The largest absolute Gasteiger partial charge is 0.494 e. The molecule has 0 radical (unpaired) electrons. The van der Waals surface area contributed by atoms with E-state index in [4.69, 9.17) is 16.3 Å². The lowest BCUT2D eigenvalue weighted by Crippen LogP contribution is -2.11. The van der Waals surface area contributed by atoms with E-state index in [0.29, 0.717) is 18.4 Å². The summed E-state index contributed by atoms with van der Waals surface area (Å²) >= 11 is 5.70. The smallest absolute Gasteiger partial charge is 0.119 e. The third kappa shape index (κ3) is 4.21. The van der Waals surface area contributed by atoms with Gasteiger partial charge in [0, 0.05) is 5.54 Å². The van der Waals surface area contributed by atoms with Crippen molar-refractivity contribution in [3.63, 3.8) is 0 Å². The van der Waals surface area contributed by atoms with Gasteiger partial charge in [-0.3, -0.25) is 0 Å². The van der Waals surface area contributed by atoms with Crippen LogP contribution in [-0.2, 0) is 0 Å². The fourth-order valence-electron chi connectivity index (χ4n) is 3.61. The van der Waals surface area contributed by atoms with E-state index < -0.39 is 0 Å². The van der Waals surface area contributed by atoms with Crippen LogP contribution in [0, 0.1) is 5.92 Å². The highest BCUT2D eigenvalue weighted by molar-refractivity contribution is 6.25. The Morgan fingerprint density at radius 3 is 2.04 bits per heavy atom. The first-order valence-corrected chi connectivity index (χ1v) is 9.34. The molecule has 0 spiro atoms. The van der Waals surface area contributed by atoms with Gasteiger partial charge in [-0.25, -0.2) is 0 Å². The molecule has 0 atom stereocenters. The van der Waals surface area contributed by atoms with Gasteiger partial charge in [0.05, 0.1) is 6.61 Å². The first kappa shape index (κ1) is 17.1. The van der Waals surface area contributed by atoms with E-state index in [1.165, 1.54) is 42.4 Å². The Morgan fingerprint density at radius 2 is 1.50 bits per heavy atom. The van der Waals surface area contributed by atoms with Crippen molar-refractivity contribution in [1.29, 1.82) is 0 Å². The molecule has 2 heteroatoms. The van der Waals surface area contributed by atoms with Crippen molar-refractivity contribution >= 4 is 11.6 Å². The molecule has 1 fully saturated rings. The van der Waals surface area contributed by atoms with E-state index >= 15 is 0 Å². The van der Waals surface area contributed by atoms with Crippen LogP contribution in [0.3, 0.4) is 0 Å². The number of allylic oxidation sites excluding steroid dienone is 1. The van der Waals surface area contributed by atoms with Crippen molar-refractivity contribution in [2.24, 2.45) is 5.92 Å². The molecule has 1 saturated carbocycles. The molecule has 0 unspecified atom stereocenters. The highest BCUT2D eigenvalue weighted by Gasteiger charge is 2.20. The van der Waals surface area contributed by atoms with Gasteiger partial charge < -0.3 is 4.74 Å². The average molecular weight is 341 g/mol. The first-order chi connectivity index (χ1) is 11.8. The topological polar surface area (TPSA) is 9.23 Å². The van der Waals surface area contributed by atoms with Gasteiger partial charge in [0.25, 0.3) is 0 Å². The van der Waals surface area contributed by atoms with Crippen molar-refractivity contribution in [3.8, 4) is 16.9 Å². The van der Waals surface area contributed by atoms with Crippen LogP contribution in [0.15, 0.2) is 60.1 Å². The zero-order chi connectivity index (χ0) is 16.8. The SMILES string of the molecule is CCOc1ccc(-c2ccc(C3CCC(/C=C/Cl)CC3)cc2)cc1. The van der Waals surface area contributed by atoms with Crippen LogP contribution in [0.5, 0.6) is 5.75 Å². The first-order valence-electron chi connectivity index (χ1n) is 8.90. The number of benzene rings is 2. The molecule has 126 valence electrons. The number of hydrogen-bond donors (Lipinski definition) is 0. The highest BCUT2D eigenvalue weighted by atomic mass is 35.5. The van der Waals surface area contributed by atoms with Crippen molar-refractivity contribution < 1.29 is 4.74 Å². The predicted octanol–water partition coefficient (Wildman–Crippen LogP) is 6.78. The Balaban J connectivity index is 1.65. The Kier molecular flexibility index (Phi) is 5.98. The zero-order valence-electron chi connectivity index (χ0n) is 14.2. The summed E-state index contributed by atoms with van der Waals surface area (Å²) in [4.78, 5) is 0. The van der Waals surface area contributed by atoms with Crippen LogP contribution in [-0.4, -0.2) is 6.61 Å². The molecule has 1 aliphatic carbocycles. The highest BCUT2D eigenvalue weighted by Crippen LogP contribution is 2.37. The average Bonchev–Trinajstić information content (AvgIpc) is 2.64. The van der Waals surface area contributed by atoms with E-state index in [-0.39, 0.29) is 0 Å². The minimum atomic E-state index is 0.668. The molecule has 0 saturated heterocycles. The van der Waals surface area contributed by atoms with Gasteiger partial charge >= 0.3 is 0 Å². The van der Waals surface area contributed by atoms with Crippen molar-refractivity contribution in [1.82, 2.24) is 0 Å². The van der Waals surface area contributed by atoms with Gasteiger partial charge in [-0.15, -0.1) is 0 Å². The molecule has 0 bridgehead atoms. The Morgan fingerprint density at radius 1 is 0.917 bits per heavy atom. The summed E-state index contributed by atoms with van der Waals surface area (Å²) in [6.45, 7) is 2.71. The second kappa shape index (κ2) is 8.39. The van der Waals surface area contributed by atoms with Gasteiger partial charge in [-0.05, 0) is 73.3 Å². The molecule has 2 aromatic rings. The second-order valence-corrected chi connectivity index (χ2v) is 6.76.